The van der Waals surface area contributed by atoms with Crippen LogP contribution in [0.1, 0.15) is 26.7 Å². The van der Waals surface area contributed by atoms with Crippen LogP contribution in [0.15, 0.2) is 18.2 Å². The van der Waals surface area contributed by atoms with Gasteiger partial charge in [0.1, 0.15) is 0 Å². The van der Waals surface area contributed by atoms with Crippen LogP contribution in [0.3, 0.4) is 0 Å². The van der Waals surface area contributed by atoms with Crippen molar-refractivity contribution in [2.24, 2.45) is 11.7 Å². The monoisotopic (exact) mass is 420 g/mol. The highest BCUT2D eigenvalue weighted by Gasteiger charge is 2.27. The first-order chi connectivity index (χ1) is 14.3. The minimum Gasteiger partial charge on any atom is -0.490 e. The van der Waals surface area contributed by atoms with Gasteiger partial charge >= 0.3 is 0 Å². The Morgan fingerprint density at radius 3 is 2.53 bits per heavy atom. The van der Waals surface area contributed by atoms with E-state index in [0.29, 0.717) is 49.9 Å². The molecule has 1 saturated heterocycles. The van der Waals surface area contributed by atoms with Gasteiger partial charge in [-0.3, -0.25) is 19.3 Å². The van der Waals surface area contributed by atoms with Crippen LogP contribution in [0.4, 0.5) is 5.69 Å². The van der Waals surface area contributed by atoms with Gasteiger partial charge in [0, 0.05) is 24.8 Å². The molecule has 0 radical (unpaired) electrons. The van der Waals surface area contributed by atoms with Crippen LogP contribution in [0.2, 0.25) is 0 Å². The van der Waals surface area contributed by atoms with E-state index in [1.165, 1.54) is 0 Å². The normalized spacial score (nSPS) is 16.3. The number of carbonyl (C=O) groups excluding carboxylic acids is 3. The fourth-order valence-corrected chi connectivity index (χ4v) is 3.40. The molecule has 9 heteroatoms. The van der Waals surface area contributed by atoms with Gasteiger partial charge in [-0.25, -0.2) is 0 Å². The molecule has 0 spiro atoms. The van der Waals surface area contributed by atoms with E-state index in [1.54, 1.807) is 35.0 Å². The highest BCUT2D eigenvalue weighted by atomic mass is 16.5. The number of nitrogens with two attached hydrogens (primary N) is 1. The van der Waals surface area contributed by atoms with Gasteiger partial charge in [0.2, 0.25) is 17.7 Å². The van der Waals surface area contributed by atoms with Crippen LogP contribution in [0.25, 0.3) is 0 Å². The van der Waals surface area contributed by atoms with Crippen molar-refractivity contribution in [3.63, 3.8) is 0 Å². The first-order valence-corrected chi connectivity index (χ1v) is 10.3. The van der Waals surface area contributed by atoms with Crippen LogP contribution in [-0.2, 0) is 14.4 Å². The Hall–Kier alpha value is -2.81. The van der Waals surface area contributed by atoms with E-state index in [-0.39, 0.29) is 36.7 Å². The molecule has 1 atom stereocenters. The minimum atomic E-state index is -0.373. The highest BCUT2D eigenvalue weighted by Crippen LogP contribution is 2.30. The lowest BCUT2D eigenvalue weighted by molar-refractivity contribution is -0.135. The zero-order chi connectivity index (χ0) is 22.1. The van der Waals surface area contributed by atoms with Crippen molar-refractivity contribution in [2.75, 3.05) is 51.8 Å². The van der Waals surface area contributed by atoms with E-state index in [9.17, 15) is 14.4 Å². The van der Waals surface area contributed by atoms with Crippen LogP contribution in [0, 0.1) is 5.92 Å². The lowest BCUT2D eigenvalue weighted by atomic mass is 9.97. The summed E-state index contributed by atoms with van der Waals surface area (Å²) < 4.78 is 11.1. The maximum atomic E-state index is 12.5. The second kappa shape index (κ2) is 11.4. The molecule has 0 bridgehead atoms. The summed E-state index contributed by atoms with van der Waals surface area (Å²) in [6.07, 6.45) is 1.46. The van der Waals surface area contributed by atoms with Gasteiger partial charge in [0.05, 0.1) is 32.2 Å². The average Bonchev–Trinajstić information content (AvgIpc) is 2.70. The Kier molecular flexibility index (Phi) is 8.91. The number of amides is 3. The number of ether oxygens (including phenoxy) is 2. The number of anilines is 1. The summed E-state index contributed by atoms with van der Waals surface area (Å²) in [5, 5.41) is 2.81. The number of carbonyl (C=O) groups is 3. The van der Waals surface area contributed by atoms with E-state index in [0.717, 1.165) is 6.42 Å². The Bertz CT molecular complexity index is 755. The van der Waals surface area contributed by atoms with Crippen LogP contribution >= 0.6 is 0 Å². The number of hydrogen-bond donors (Lipinski definition) is 2. The van der Waals surface area contributed by atoms with Gasteiger partial charge < -0.3 is 25.4 Å². The summed E-state index contributed by atoms with van der Waals surface area (Å²) in [7, 11) is 1.71. The van der Waals surface area contributed by atoms with Crippen molar-refractivity contribution >= 4 is 23.4 Å². The predicted octanol–water partition coefficient (Wildman–Crippen LogP) is 1.08. The maximum absolute atomic E-state index is 12.5. The zero-order valence-electron chi connectivity index (χ0n) is 18.0. The lowest BCUT2D eigenvalue weighted by Crippen LogP contribution is -2.47. The molecule has 1 fully saturated rings. The Balaban J connectivity index is 1.87. The smallest absolute Gasteiger partial charge is 0.238 e. The predicted molar refractivity (Wildman–Crippen MR) is 113 cm³/mol. The van der Waals surface area contributed by atoms with Gasteiger partial charge in [0.25, 0.3) is 0 Å². The second-order valence-corrected chi connectivity index (χ2v) is 7.33. The summed E-state index contributed by atoms with van der Waals surface area (Å²) in [4.78, 5) is 39.6. The molecule has 3 amide bonds. The Morgan fingerprint density at radius 1 is 1.17 bits per heavy atom. The molecule has 1 aromatic carbocycles. The molecule has 166 valence electrons. The van der Waals surface area contributed by atoms with Gasteiger partial charge in [-0.1, -0.05) is 0 Å². The van der Waals surface area contributed by atoms with Crippen molar-refractivity contribution < 1.29 is 23.9 Å². The molecule has 1 aliphatic heterocycles. The quantitative estimate of drug-likeness (QED) is 0.585. The average molecular weight is 421 g/mol. The van der Waals surface area contributed by atoms with E-state index < -0.39 is 0 Å². The van der Waals surface area contributed by atoms with Gasteiger partial charge in [-0.2, -0.15) is 0 Å². The summed E-state index contributed by atoms with van der Waals surface area (Å²) in [5.41, 5.74) is 5.96. The molecule has 30 heavy (non-hydrogen) atoms. The third-order valence-electron chi connectivity index (χ3n) is 4.82. The topological polar surface area (TPSA) is 114 Å². The molecular formula is C21H32N4O5. The molecule has 1 heterocycles. The number of hydrogen-bond acceptors (Lipinski definition) is 6. The van der Waals surface area contributed by atoms with E-state index in [1.807, 2.05) is 13.8 Å². The Labute approximate surface area is 177 Å². The number of rotatable bonds is 10. The van der Waals surface area contributed by atoms with Crippen molar-refractivity contribution in [2.45, 2.75) is 26.7 Å². The molecule has 1 aliphatic rings. The van der Waals surface area contributed by atoms with Crippen molar-refractivity contribution in [3.05, 3.63) is 18.2 Å². The molecule has 0 aliphatic carbocycles. The largest absolute Gasteiger partial charge is 0.490 e. The molecule has 0 aromatic heterocycles. The summed E-state index contributed by atoms with van der Waals surface area (Å²) in [5.74, 6) is 0.157. The van der Waals surface area contributed by atoms with Crippen LogP contribution < -0.4 is 20.5 Å². The number of likely N-dealkylation sites (tertiary alicyclic amines) is 1. The molecule has 2 rings (SSSR count). The van der Waals surface area contributed by atoms with Crippen LogP contribution in [0.5, 0.6) is 11.5 Å². The molecule has 3 N–H and O–H groups in total. The summed E-state index contributed by atoms with van der Waals surface area (Å²) in [6, 6.07) is 5.21. The lowest BCUT2D eigenvalue weighted by Gasteiger charge is -2.32. The number of nitrogens with zero attached hydrogens (tertiary/aromatic N) is 2. The Morgan fingerprint density at radius 2 is 1.87 bits per heavy atom. The third-order valence-corrected chi connectivity index (χ3v) is 4.82. The molecule has 0 saturated carbocycles. The van der Waals surface area contributed by atoms with Gasteiger partial charge in [-0.05, 0) is 45.9 Å². The van der Waals surface area contributed by atoms with Crippen molar-refractivity contribution in [1.82, 2.24) is 9.80 Å². The van der Waals surface area contributed by atoms with Crippen molar-refractivity contribution in [3.8, 4) is 11.5 Å². The number of piperidine rings is 1. The van der Waals surface area contributed by atoms with Gasteiger partial charge in [-0.15, -0.1) is 0 Å². The molecular weight excluding hydrogens is 388 g/mol. The maximum Gasteiger partial charge on any atom is 0.238 e. The second-order valence-electron chi connectivity index (χ2n) is 7.33. The van der Waals surface area contributed by atoms with E-state index in [2.05, 4.69) is 5.32 Å². The molecule has 9 nitrogen and oxygen atoms in total. The third kappa shape index (κ3) is 6.91. The number of likely N-dealkylation sites (N-methyl/N-ethyl adjacent to an activating group) is 1. The first kappa shape index (κ1) is 23.5. The molecule has 0 unspecified atom stereocenters. The standard InChI is InChI=1S/C21H32N4O5/c1-4-29-17-9-8-16(11-18(17)30-5-2)23-19(26)13-24(3)14-20(27)25-10-6-7-15(12-25)21(22)28/h8-9,11,15H,4-7,10,12-14H2,1-3H3,(H2,22,28)(H,23,26)/t15-/m1/s1. The number of primary amides is 1. The number of nitrogens with one attached hydrogen (secondary N) is 1. The number of benzene rings is 1. The van der Waals surface area contributed by atoms with Crippen molar-refractivity contribution in [1.29, 1.82) is 0 Å². The SMILES string of the molecule is CCOc1ccc(NC(=O)CN(C)CC(=O)N2CCC[C@@H](C(N)=O)C2)cc1OCC. The zero-order valence-corrected chi connectivity index (χ0v) is 18.0. The first-order valence-electron chi connectivity index (χ1n) is 10.3. The fraction of sp³-hybridized carbons (Fsp3) is 0.571. The van der Waals surface area contributed by atoms with E-state index in [4.69, 9.17) is 15.2 Å². The molecule has 1 aromatic rings. The summed E-state index contributed by atoms with van der Waals surface area (Å²) >= 11 is 0. The van der Waals surface area contributed by atoms with E-state index >= 15 is 0 Å². The summed E-state index contributed by atoms with van der Waals surface area (Å²) in [6.45, 7) is 5.86. The van der Waals surface area contributed by atoms with Gasteiger partial charge in [0.15, 0.2) is 11.5 Å². The minimum absolute atomic E-state index is 0.0516. The fourth-order valence-electron chi connectivity index (χ4n) is 3.40. The highest BCUT2D eigenvalue weighted by molar-refractivity contribution is 5.93. The van der Waals surface area contributed by atoms with Crippen LogP contribution in [-0.4, -0.2) is 74.0 Å².